The van der Waals surface area contributed by atoms with Gasteiger partial charge >= 0.3 is 0 Å². The van der Waals surface area contributed by atoms with Crippen LogP contribution in [0.2, 0.25) is 0 Å². The SMILES string of the molecule is CCNC(=O)CN1CCCN(C(=O)c2ccc(-n3ccnc3)c([N+](=O)[O-])c2)CC1. The summed E-state index contributed by atoms with van der Waals surface area (Å²) in [6.07, 6.45) is 5.36. The molecule has 1 aliphatic heterocycles. The van der Waals surface area contributed by atoms with Crippen LogP contribution in [0.5, 0.6) is 0 Å². The van der Waals surface area contributed by atoms with Gasteiger partial charge in [0.2, 0.25) is 5.91 Å². The number of nitrogens with zero attached hydrogens (tertiary/aromatic N) is 5. The third-order valence-corrected chi connectivity index (χ3v) is 4.82. The van der Waals surface area contributed by atoms with E-state index in [4.69, 9.17) is 0 Å². The van der Waals surface area contributed by atoms with Gasteiger partial charge < -0.3 is 14.8 Å². The molecule has 0 aliphatic carbocycles. The molecule has 10 heteroatoms. The van der Waals surface area contributed by atoms with Crippen molar-refractivity contribution in [3.63, 3.8) is 0 Å². The van der Waals surface area contributed by atoms with Crippen molar-refractivity contribution in [1.29, 1.82) is 0 Å². The molecule has 2 heterocycles. The van der Waals surface area contributed by atoms with Crippen molar-refractivity contribution in [3.05, 3.63) is 52.6 Å². The van der Waals surface area contributed by atoms with Crippen LogP contribution in [0, 0.1) is 10.1 Å². The van der Waals surface area contributed by atoms with Crippen molar-refractivity contribution in [2.24, 2.45) is 0 Å². The predicted octanol–water partition coefficient (Wildman–Crippen LogP) is 1.06. The maximum absolute atomic E-state index is 12.9. The first-order valence-electron chi connectivity index (χ1n) is 9.54. The number of hydrogen-bond donors (Lipinski definition) is 1. The van der Waals surface area contributed by atoms with Gasteiger partial charge in [-0.15, -0.1) is 0 Å². The fourth-order valence-corrected chi connectivity index (χ4v) is 3.39. The average molecular weight is 400 g/mol. The third kappa shape index (κ3) is 4.96. The highest BCUT2D eigenvalue weighted by atomic mass is 16.6. The van der Waals surface area contributed by atoms with Crippen LogP contribution in [-0.4, -0.2) is 75.4 Å². The molecule has 2 aromatic rings. The zero-order valence-corrected chi connectivity index (χ0v) is 16.3. The summed E-state index contributed by atoms with van der Waals surface area (Å²) in [6, 6.07) is 4.48. The van der Waals surface area contributed by atoms with E-state index in [-0.39, 0.29) is 23.1 Å². The van der Waals surface area contributed by atoms with E-state index in [2.05, 4.69) is 10.3 Å². The van der Waals surface area contributed by atoms with E-state index in [0.29, 0.717) is 38.4 Å². The average Bonchev–Trinajstić information content (AvgIpc) is 3.14. The second-order valence-corrected chi connectivity index (χ2v) is 6.81. The number of hydrogen-bond acceptors (Lipinski definition) is 6. The summed E-state index contributed by atoms with van der Waals surface area (Å²) in [5.41, 5.74) is 0.479. The summed E-state index contributed by atoms with van der Waals surface area (Å²) in [4.78, 5) is 43.4. The van der Waals surface area contributed by atoms with Gasteiger partial charge in [0.15, 0.2) is 0 Å². The van der Waals surface area contributed by atoms with Crippen molar-refractivity contribution >= 4 is 17.5 Å². The van der Waals surface area contributed by atoms with E-state index in [1.807, 2.05) is 11.8 Å². The maximum atomic E-state index is 12.9. The number of aromatic nitrogens is 2. The van der Waals surface area contributed by atoms with E-state index in [9.17, 15) is 19.7 Å². The number of nitro groups is 1. The lowest BCUT2D eigenvalue weighted by molar-refractivity contribution is -0.384. The molecule has 1 N–H and O–H groups in total. The molecule has 2 amide bonds. The van der Waals surface area contributed by atoms with Gasteiger partial charge in [-0.2, -0.15) is 0 Å². The molecule has 0 radical (unpaired) electrons. The molecule has 10 nitrogen and oxygen atoms in total. The number of imidazole rings is 1. The Morgan fingerprint density at radius 1 is 1.24 bits per heavy atom. The van der Waals surface area contributed by atoms with Crippen LogP contribution >= 0.6 is 0 Å². The van der Waals surface area contributed by atoms with Gasteiger partial charge in [-0.05, 0) is 25.5 Å². The molecule has 0 atom stereocenters. The molecular weight excluding hydrogens is 376 g/mol. The lowest BCUT2D eigenvalue weighted by Gasteiger charge is -2.22. The fraction of sp³-hybridized carbons (Fsp3) is 0.421. The zero-order valence-electron chi connectivity index (χ0n) is 16.3. The van der Waals surface area contributed by atoms with Crippen LogP contribution in [0.25, 0.3) is 5.69 Å². The molecule has 0 bridgehead atoms. The minimum atomic E-state index is -0.497. The number of nitro benzene ring substituents is 1. The van der Waals surface area contributed by atoms with Gasteiger partial charge in [-0.1, -0.05) is 0 Å². The second kappa shape index (κ2) is 9.28. The van der Waals surface area contributed by atoms with Gasteiger partial charge in [0.1, 0.15) is 5.69 Å². The first-order chi connectivity index (χ1) is 14.0. The highest BCUT2D eigenvalue weighted by Crippen LogP contribution is 2.25. The van der Waals surface area contributed by atoms with Crippen LogP contribution in [0.4, 0.5) is 5.69 Å². The lowest BCUT2D eigenvalue weighted by Crippen LogP contribution is -2.40. The molecule has 0 spiro atoms. The predicted molar refractivity (Wildman–Crippen MR) is 106 cm³/mol. The fourth-order valence-electron chi connectivity index (χ4n) is 3.39. The summed E-state index contributed by atoms with van der Waals surface area (Å²) in [5.74, 6) is -0.275. The molecule has 1 aromatic carbocycles. The van der Waals surface area contributed by atoms with E-state index in [1.54, 1.807) is 23.2 Å². The standard InChI is InChI=1S/C19H24N6O4/c1-2-21-18(26)13-22-7-3-8-23(11-10-22)19(27)15-4-5-16(17(12-15)25(28)29)24-9-6-20-14-24/h4-6,9,12,14H,2-3,7-8,10-11,13H2,1H3,(H,21,26). The van der Waals surface area contributed by atoms with Crippen LogP contribution in [-0.2, 0) is 4.79 Å². The quantitative estimate of drug-likeness (QED) is 0.573. The molecule has 1 aromatic heterocycles. The van der Waals surface area contributed by atoms with Crippen LogP contribution in [0.3, 0.4) is 0 Å². The van der Waals surface area contributed by atoms with Gasteiger partial charge in [-0.25, -0.2) is 4.98 Å². The summed E-state index contributed by atoms with van der Waals surface area (Å²) >= 11 is 0. The van der Waals surface area contributed by atoms with E-state index >= 15 is 0 Å². The Labute approximate surface area is 168 Å². The number of rotatable bonds is 6. The molecule has 1 saturated heterocycles. The number of carbonyl (C=O) groups is 2. The Morgan fingerprint density at radius 2 is 2.07 bits per heavy atom. The van der Waals surface area contributed by atoms with Gasteiger partial charge in [0, 0.05) is 56.7 Å². The second-order valence-electron chi connectivity index (χ2n) is 6.81. The Morgan fingerprint density at radius 3 is 2.76 bits per heavy atom. The minimum Gasteiger partial charge on any atom is -0.355 e. The molecule has 0 unspecified atom stereocenters. The monoisotopic (exact) mass is 400 g/mol. The molecule has 29 heavy (non-hydrogen) atoms. The van der Waals surface area contributed by atoms with E-state index < -0.39 is 4.92 Å². The summed E-state index contributed by atoms with van der Waals surface area (Å²) < 4.78 is 1.54. The first kappa shape index (κ1) is 20.5. The van der Waals surface area contributed by atoms with Crippen LogP contribution in [0.15, 0.2) is 36.9 Å². The maximum Gasteiger partial charge on any atom is 0.294 e. The zero-order chi connectivity index (χ0) is 20.8. The summed E-state index contributed by atoms with van der Waals surface area (Å²) in [5, 5.41) is 14.3. The van der Waals surface area contributed by atoms with Crippen LogP contribution in [0.1, 0.15) is 23.7 Å². The highest BCUT2D eigenvalue weighted by Gasteiger charge is 2.24. The van der Waals surface area contributed by atoms with Crippen molar-refractivity contribution in [2.75, 3.05) is 39.3 Å². The summed E-state index contributed by atoms with van der Waals surface area (Å²) in [6.45, 7) is 5.08. The van der Waals surface area contributed by atoms with Crippen LogP contribution < -0.4 is 5.32 Å². The minimum absolute atomic E-state index is 0.0296. The number of benzene rings is 1. The number of likely N-dealkylation sites (N-methyl/N-ethyl adjacent to an activating group) is 1. The number of amides is 2. The van der Waals surface area contributed by atoms with E-state index in [1.165, 1.54) is 23.2 Å². The van der Waals surface area contributed by atoms with Crippen molar-refractivity contribution in [1.82, 2.24) is 24.7 Å². The normalized spacial score (nSPS) is 15.0. The summed E-state index contributed by atoms with van der Waals surface area (Å²) in [7, 11) is 0. The molecule has 0 saturated carbocycles. The number of nitrogens with one attached hydrogen (secondary N) is 1. The van der Waals surface area contributed by atoms with Crippen molar-refractivity contribution < 1.29 is 14.5 Å². The Hall–Kier alpha value is -3.27. The molecule has 1 aliphatic rings. The number of carbonyl (C=O) groups excluding carboxylic acids is 2. The van der Waals surface area contributed by atoms with Gasteiger partial charge in [0.25, 0.3) is 11.6 Å². The van der Waals surface area contributed by atoms with Crippen molar-refractivity contribution in [3.8, 4) is 5.69 Å². The lowest BCUT2D eigenvalue weighted by atomic mass is 10.1. The first-order valence-corrected chi connectivity index (χ1v) is 9.54. The Balaban J connectivity index is 1.72. The molecule has 154 valence electrons. The third-order valence-electron chi connectivity index (χ3n) is 4.82. The Bertz CT molecular complexity index is 883. The smallest absolute Gasteiger partial charge is 0.294 e. The van der Waals surface area contributed by atoms with Crippen molar-refractivity contribution in [2.45, 2.75) is 13.3 Å². The van der Waals surface area contributed by atoms with Gasteiger partial charge in [0.05, 0.1) is 17.8 Å². The largest absolute Gasteiger partial charge is 0.355 e. The topological polar surface area (TPSA) is 114 Å². The molecule has 1 fully saturated rings. The van der Waals surface area contributed by atoms with E-state index in [0.717, 1.165) is 13.0 Å². The highest BCUT2D eigenvalue weighted by molar-refractivity contribution is 5.95. The molecular formula is C19H24N6O4. The Kier molecular flexibility index (Phi) is 6.55. The van der Waals surface area contributed by atoms with Gasteiger partial charge in [-0.3, -0.25) is 24.6 Å². The molecule has 3 rings (SSSR count).